The third-order valence-corrected chi connectivity index (χ3v) is 5.95. The number of halogens is 1. The molecule has 4 aromatic rings. The molecule has 1 aromatic heterocycles. The van der Waals surface area contributed by atoms with Crippen LogP contribution in [-0.4, -0.2) is 36.1 Å². The van der Waals surface area contributed by atoms with Gasteiger partial charge in [-0.2, -0.15) is 0 Å². The molecule has 1 aliphatic heterocycles. The van der Waals surface area contributed by atoms with E-state index in [4.69, 9.17) is 9.47 Å². The van der Waals surface area contributed by atoms with Crippen molar-refractivity contribution < 1.29 is 18.7 Å². The summed E-state index contributed by atoms with van der Waals surface area (Å²) in [4.78, 5) is 18.6. The number of benzene rings is 3. The van der Waals surface area contributed by atoms with Crippen molar-refractivity contribution in [3.63, 3.8) is 0 Å². The van der Waals surface area contributed by atoms with Gasteiger partial charge in [0.05, 0.1) is 13.2 Å². The van der Waals surface area contributed by atoms with Crippen LogP contribution >= 0.6 is 0 Å². The van der Waals surface area contributed by atoms with Crippen LogP contribution in [0.3, 0.4) is 0 Å². The third kappa shape index (κ3) is 3.68. The molecule has 1 atom stereocenters. The molecule has 0 saturated heterocycles. The number of fused-ring (bicyclic) bond motifs is 3. The van der Waals surface area contributed by atoms with Crippen LogP contribution in [0.15, 0.2) is 72.8 Å². The van der Waals surface area contributed by atoms with Crippen molar-refractivity contribution in [2.75, 3.05) is 20.3 Å². The molecular weight excluding hydrogens is 407 g/mol. The van der Waals surface area contributed by atoms with Gasteiger partial charge in [0.1, 0.15) is 17.3 Å². The normalized spacial score (nSPS) is 15.4. The van der Waals surface area contributed by atoms with Gasteiger partial charge in [0.2, 0.25) is 0 Å². The number of nitrogens with zero attached hydrogens (tertiary/aromatic N) is 1. The van der Waals surface area contributed by atoms with Gasteiger partial charge in [-0.3, -0.25) is 4.79 Å². The van der Waals surface area contributed by atoms with Crippen LogP contribution in [0.4, 0.5) is 4.39 Å². The van der Waals surface area contributed by atoms with Crippen LogP contribution in [0.1, 0.15) is 22.9 Å². The number of aromatic nitrogens is 1. The van der Waals surface area contributed by atoms with Crippen molar-refractivity contribution in [2.24, 2.45) is 0 Å². The SMILES string of the molecule is COc1ccc2[nH]c3c(c2c1)CCN(C(=O)COc1ccccc1)[C@H]3c1ccc(F)cc1. The Morgan fingerprint density at radius 3 is 2.59 bits per heavy atom. The molecule has 6 heteroatoms. The summed E-state index contributed by atoms with van der Waals surface area (Å²) in [6, 6.07) is 21.2. The minimum absolute atomic E-state index is 0.0644. The number of rotatable bonds is 5. The summed E-state index contributed by atoms with van der Waals surface area (Å²) < 4.78 is 24.8. The van der Waals surface area contributed by atoms with Gasteiger partial charge >= 0.3 is 0 Å². The molecule has 1 N–H and O–H groups in total. The topological polar surface area (TPSA) is 54.6 Å². The molecule has 0 spiro atoms. The second-order valence-corrected chi connectivity index (χ2v) is 7.82. The van der Waals surface area contributed by atoms with Gasteiger partial charge in [-0.25, -0.2) is 4.39 Å². The van der Waals surface area contributed by atoms with Gasteiger partial charge in [-0.05, 0) is 60.0 Å². The first kappa shape index (κ1) is 20.1. The summed E-state index contributed by atoms with van der Waals surface area (Å²) in [5.74, 6) is 1.00. The first-order valence-electron chi connectivity index (χ1n) is 10.6. The number of hydrogen-bond acceptors (Lipinski definition) is 3. The molecule has 5 rings (SSSR count). The van der Waals surface area contributed by atoms with E-state index in [0.29, 0.717) is 18.7 Å². The average molecular weight is 430 g/mol. The summed E-state index contributed by atoms with van der Waals surface area (Å²) in [7, 11) is 1.65. The van der Waals surface area contributed by atoms with E-state index in [2.05, 4.69) is 4.98 Å². The second-order valence-electron chi connectivity index (χ2n) is 7.82. The smallest absolute Gasteiger partial charge is 0.261 e. The Labute approximate surface area is 185 Å². The van der Waals surface area contributed by atoms with Crippen LogP contribution in [-0.2, 0) is 11.2 Å². The van der Waals surface area contributed by atoms with Crippen LogP contribution in [0, 0.1) is 5.82 Å². The van der Waals surface area contributed by atoms with Gasteiger partial charge in [0.15, 0.2) is 6.61 Å². The molecule has 1 amide bonds. The number of amides is 1. The van der Waals surface area contributed by atoms with Crippen molar-refractivity contribution >= 4 is 16.8 Å². The molecule has 0 fully saturated rings. The molecule has 5 nitrogen and oxygen atoms in total. The zero-order valence-electron chi connectivity index (χ0n) is 17.7. The molecule has 0 radical (unpaired) electrons. The van der Waals surface area contributed by atoms with E-state index in [1.54, 1.807) is 19.2 Å². The monoisotopic (exact) mass is 430 g/mol. The first-order valence-corrected chi connectivity index (χ1v) is 10.6. The zero-order chi connectivity index (χ0) is 22.1. The lowest BCUT2D eigenvalue weighted by molar-refractivity contribution is -0.135. The lowest BCUT2D eigenvalue weighted by Crippen LogP contribution is -2.42. The van der Waals surface area contributed by atoms with E-state index >= 15 is 0 Å². The Balaban J connectivity index is 1.53. The molecule has 0 unspecified atom stereocenters. The number of nitrogens with one attached hydrogen (secondary N) is 1. The number of ether oxygens (including phenoxy) is 2. The van der Waals surface area contributed by atoms with Crippen molar-refractivity contribution in [3.05, 3.63) is 95.4 Å². The Morgan fingerprint density at radius 1 is 1.06 bits per heavy atom. The third-order valence-electron chi connectivity index (χ3n) is 5.95. The number of methoxy groups -OCH3 is 1. The van der Waals surface area contributed by atoms with Crippen LogP contribution in [0.2, 0.25) is 0 Å². The Kier molecular flexibility index (Phi) is 5.27. The quantitative estimate of drug-likeness (QED) is 0.492. The maximum atomic E-state index is 13.6. The van der Waals surface area contributed by atoms with Gasteiger partial charge in [-0.1, -0.05) is 30.3 Å². The number of para-hydroxylation sites is 1. The fraction of sp³-hybridized carbons (Fsp3) is 0.192. The van der Waals surface area contributed by atoms with E-state index in [0.717, 1.165) is 33.5 Å². The lowest BCUT2D eigenvalue weighted by atomic mass is 9.92. The maximum absolute atomic E-state index is 13.6. The number of carbonyl (C=O) groups is 1. The van der Waals surface area contributed by atoms with Gasteiger partial charge < -0.3 is 19.4 Å². The molecule has 162 valence electrons. The molecule has 2 heterocycles. The van der Waals surface area contributed by atoms with E-state index in [1.165, 1.54) is 12.1 Å². The maximum Gasteiger partial charge on any atom is 0.261 e. The van der Waals surface area contributed by atoms with Crippen molar-refractivity contribution in [1.29, 1.82) is 0 Å². The molecule has 0 aliphatic carbocycles. The van der Waals surface area contributed by atoms with Crippen LogP contribution in [0.25, 0.3) is 10.9 Å². The number of H-pyrrole nitrogens is 1. The summed E-state index contributed by atoms with van der Waals surface area (Å²) >= 11 is 0. The fourth-order valence-electron chi connectivity index (χ4n) is 4.40. The lowest BCUT2D eigenvalue weighted by Gasteiger charge is -2.36. The predicted octanol–water partition coefficient (Wildman–Crippen LogP) is 4.87. The standard InChI is InChI=1S/C26H23FN2O3/c1-31-20-11-12-23-22(15-20)21-13-14-29(24(30)16-32-19-5-3-2-4-6-19)26(25(21)28-23)17-7-9-18(27)10-8-17/h2-12,15,26,28H,13-14,16H2,1H3/t26-/m0/s1. The number of hydrogen-bond donors (Lipinski definition) is 1. The molecule has 0 saturated carbocycles. The summed E-state index contributed by atoms with van der Waals surface area (Å²) in [6.07, 6.45) is 0.706. The van der Waals surface area contributed by atoms with Crippen molar-refractivity contribution in [3.8, 4) is 11.5 Å². The zero-order valence-corrected chi connectivity index (χ0v) is 17.7. The van der Waals surface area contributed by atoms with E-state index in [-0.39, 0.29) is 24.4 Å². The summed E-state index contributed by atoms with van der Waals surface area (Å²) in [5.41, 5.74) is 3.93. The van der Waals surface area contributed by atoms with Gasteiger partial charge in [-0.15, -0.1) is 0 Å². The average Bonchev–Trinajstić information content (AvgIpc) is 3.21. The molecule has 3 aromatic carbocycles. The number of carbonyl (C=O) groups excluding carboxylic acids is 1. The Morgan fingerprint density at radius 2 is 1.84 bits per heavy atom. The Bertz CT molecular complexity index is 1250. The van der Waals surface area contributed by atoms with Crippen molar-refractivity contribution in [1.82, 2.24) is 9.88 Å². The number of aromatic amines is 1. The highest BCUT2D eigenvalue weighted by Gasteiger charge is 2.34. The van der Waals surface area contributed by atoms with Crippen molar-refractivity contribution in [2.45, 2.75) is 12.5 Å². The molecule has 1 aliphatic rings. The highest BCUT2D eigenvalue weighted by molar-refractivity contribution is 5.88. The van der Waals surface area contributed by atoms with E-state index < -0.39 is 0 Å². The molecule has 32 heavy (non-hydrogen) atoms. The highest BCUT2D eigenvalue weighted by Crippen LogP contribution is 2.39. The minimum atomic E-state index is -0.357. The minimum Gasteiger partial charge on any atom is -0.497 e. The van der Waals surface area contributed by atoms with E-state index in [1.807, 2.05) is 53.4 Å². The summed E-state index contributed by atoms with van der Waals surface area (Å²) in [6.45, 7) is 0.473. The molecular formula is C26H23FN2O3. The molecule has 0 bridgehead atoms. The highest BCUT2D eigenvalue weighted by atomic mass is 19.1. The van der Waals surface area contributed by atoms with Gasteiger partial charge in [0, 0.05) is 23.1 Å². The van der Waals surface area contributed by atoms with Crippen LogP contribution in [0.5, 0.6) is 11.5 Å². The fourth-order valence-corrected chi connectivity index (χ4v) is 4.40. The predicted molar refractivity (Wildman–Crippen MR) is 120 cm³/mol. The van der Waals surface area contributed by atoms with Crippen LogP contribution < -0.4 is 9.47 Å². The second kappa shape index (κ2) is 8.38. The summed E-state index contributed by atoms with van der Waals surface area (Å²) in [5, 5.41) is 1.08. The first-order chi connectivity index (χ1) is 15.6. The largest absolute Gasteiger partial charge is 0.497 e. The Hall–Kier alpha value is -3.80. The van der Waals surface area contributed by atoms with E-state index in [9.17, 15) is 9.18 Å². The van der Waals surface area contributed by atoms with Gasteiger partial charge in [0.25, 0.3) is 5.91 Å².